The normalized spacial score (nSPS) is 10.6. The average molecular weight is 217 g/mol. The molecule has 0 fully saturated rings. The zero-order chi connectivity index (χ0) is 11.1. The number of hydrogen-bond acceptors (Lipinski definition) is 1. The van der Waals surface area contributed by atoms with Gasteiger partial charge in [0, 0.05) is 6.54 Å². The topological polar surface area (TPSA) is 12.0 Å². The van der Waals surface area contributed by atoms with Crippen LogP contribution in [0.25, 0.3) is 0 Å². The van der Waals surface area contributed by atoms with E-state index in [0.29, 0.717) is 0 Å². The minimum atomic E-state index is -1.19. The molecule has 0 atom stereocenters. The Bertz CT molecular complexity index is 340. The molecule has 80 valence electrons. The molecule has 1 N–H and O–H groups in total. The first-order valence-corrected chi connectivity index (χ1v) is 8.82. The van der Waals surface area contributed by atoms with Gasteiger partial charge in [0.25, 0.3) is 0 Å². The molecule has 0 bridgehead atoms. The quantitative estimate of drug-likeness (QED) is 0.466. The van der Waals surface area contributed by atoms with Crippen molar-refractivity contribution in [2.24, 2.45) is 0 Å². The predicted octanol–water partition coefficient (Wildman–Crippen LogP) is 2.66. The molecule has 1 aromatic carbocycles. The molecule has 15 heavy (non-hydrogen) atoms. The van der Waals surface area contributed by atoms with E-state index >= 15 is 0 Å². The van der Waals surface area contributed by atoms with Crippen LogP contribution in [0.5, 0.6) is 0 Å². The number of hydrogen-bond donors (Lipinski definition) is 1. The highest BCUT2D eigenvalue weighted by atomic mass is 28.3. The molecular formula is C13H19NSi. The van der Waals surface area contributed by atoms with Crippen LogP contribution in [0.4, 0.5) is 0 Å². The van der Waals surface area contributed by atoms with E-state index in [1.54, 1.807) is 0 Å². The highest BCUT2D eigenvalue weighted by molar-refractivity contribution is 6.83. The van der Waals surface area contributed by atoms with Crippen molar-refractivity contribution in [2.45, 2.75) is 26.2 Å². The molecule has 1 aromatic rings. The monoisotopic (exact) mass is 217 g/mol. The zero-order valence-electron chi connectivity index (χ0n) is 9.80. The van der Waals surface area contributed by atoms with Gasteiger partial charge in [-0.05, 0) is 5.56 Å². The summed E-state index contributed by atoms with van der Waals surface area (Å²) in [4.78, 5) is 0. The van der Waals surface area contributed by atoms with Crippen molar-refractivity contribution in [1.82, 2.24) is 5.32 Å². The highest BCUT2D eigenvalue weighted by Crippen LogP contribution is 1.97. The Hall–Kier alpha value is -1.04. The molecule has 0 aliphatic carbocycles. The second kappa shape index (κ2) is 5.74. The molecule has 0 heterocycles. The Morgan fingerprint density at radius 2 is 1.80 bits per heavy atom. The summed E-state index contributed by atoms with van der Waals surface area (Å²) in [6.45, 7) is 8.48. The van der Waals surface area contributed by atoms with Gasteiger partial charge in [0.15, 0.2) is 0 Å². The predicted molar refractivity (Wildman–Crippen MR) is 69.3 cm³/mol. The van der Waals surface area contributed by atoms with Gasteiger partial charge in [-0.1, -0.05) is 55.9 Å². The van der Waals surface area contributed by atoms with Gasteiger partial charge in [0.1, 0.15) is 8.07 Å². The van der Waals surface area contributed by atoms with Gasteiger partial charge in [-0.2, -0.15) is 0 Å². The van der Waals surface area contributed by atoms with Gasteiger partial charge in [0.2, 0.25) is 0 Å². The van der Waals surface area contributed by atoms with Crippen molar-refractivity contribution >= 4 is 8.07 Å². The zero-order valence-corrected chi connectivity index (χ0v) is 10.8. The van der Waals surface area contributed by atoms with Crippen molar-refractivity contribution in [2.75, 3.05) is 6.54 Å². The highest BCUT2D eigenvalue weighted by Gasteiger charge is 2.06. The van der Waals surface area contributed by atoms with Gasteiger partial charge in [-0.25, -0.2) is 0 Å². The van der Waals surface area contributed by atoms with Crippen LogP contribution in [0, 0.1) is 11.5 Å². The number of rotatable bonds is 3. The van der Waals surface area contributed by atoms with Crippen molar-refractivity contribution in [3.05, 3.63) is 35.9 Å². The largest absolute Gasteiger partial charge is 0.302 e. The van der Waals surface area contributed by atoms with E-state index in [2.05, 4.69) is 60.7 Å². The summed E-state index contributed by atoms with van der Waals surface area (Å²) in [7, 11) is -1.19. The lowest BCUT2D eigenvalue weighted by Crippen LogP contribution is -2.18. The lowest BCUT2D eigenvalue weighted by atomic mass is 10.2. The van der Waals surface area contributed by atoms with Gasteiger partial charge >= 0.3 is 0 Å². The van der Waals surface area contributed by atoms with Crippen LogP contribution in [0.15, 0.2) is 30.3 Å². The Balaban J connectivity index is 2.25. The Morgan fingerprint density at radius 3 is 2.40 bits per heavy atom. The fourth-order valence-corrected chi connectivity index (χ4v) is 1.79. The standard InChI is InChI=1S/C13H19NSi/c1-15(2,3)11-7-10-14-12-13-8-5-4-6-9-13/h4-6,8-9,14H,10,12H2,1-3H3. The van der Waals surface area contributed by atoms with Crippen LogP contribution < -0.4 is 5.32 Å². The van der Waals surface area contributed by atoms with Crippen LogP contribution in [0.1, 0.15) is 5.56 Å². The van der Waals surface area contributed by atoms with Crippen molar-refractivity contribution in [1.29, 1.82) is 0 Å². The van der Waals surface area contributed by atoms with E-state index in [1.807, 2.05) is 6.07 Å². The van der Waals surface area contributed by atoms with Crippen molar-refractivity contribution in [3.63, 3.8) is 0 Å². The second-order valence-corrected chi connectivity index (χ2v) is 9.39. The number of benzene rings is 1. The molecule has 0 unspecified atom stereocenters. The first-order chi connectivity index (χ1) is 7.08. The Morgan fingerprint density at radius 1 is 1.13 bits per heavy atom. The first-order valence-electron chi connectivity index (χ1n) is 5.32. The van der Waals surface area contributed by atoms with Gasteiger partial charge in [-0.15, -0.1) is 5.54 Å². The maximum atomic E-state index is 3.33. The van der Waals surface area contributed by atoms with Crippen molar-refractivity contribution < 1.29 is 0 Å². The summed E-state index contributed by atoms with van der Waals surface area (Å²) < 4.78 is 0. The molecule has 0 saturated carbocycles. The Kier molecular flexibility index (Phi) is 4.61. The van der Waals surface area contributed by atoms with Crippen LogP contribution in [0.3, 0.4) is 0 Å². The minimum absolute atomic E-state index is 0.791. The third-order valence-electron chi connectivity index (χ3n) is 1.85. The van der Waals surface area contributed by atoms with E-state index in [4.69, 9.17) is 0 Å². The van der Waals surface area contributed by atoms with Crippen LogP contribution in [-0.2, 0) is 6.54 Å². The summed E-state index contributed by atoms with van der Waals surface area (Å²) in [6.07, 6.45) is 0. The van der Waals surface area contributed by atoms with Crippen molar-refractivity contribution in [3.8, 4) is 11.5 Å². The molecule has 0 aliphatic rings. The number of nitrogens with one attached hydrogen (secondary N) is 1. The average Bonchev–Trinajstić information content (AvgIpc) is 2.17. The smallest absolute Gasteiger partial charge is 0.129 e. The molecule has 0 amide bonds. The van der Waals surface area contributed by atoms with E-state index < -0.39 is 8.07 Å². The van der Waals surface area contributed by atoms with E-state index in [0.717, 1.165) is 13.1 Å². The van der Waals surface area contributed by atoms with E-state index in [-0.39, 0.29) is 0 Å². The summed E-state index contributed by atoms with van der Waals surface area (Å²) in [5, 5.41) is 3.32. The fourth-order valence-electron chi connectivity index (χ4n) is 1.17. The lowest BCUT2D eigenvalue weighted by Gasteiger charge is -2.04. The van der Waals surface area contributed by atoms with E-state index in [1.165, 1.54) is 5.56 Å². The molecule has 0 spiro atoms. The second-order valence-electron chi connectivity index (χ2n) is 4.64. The maximum absolute atomic E-state index is 3.33. The summed E-state index contributed by atoms with van der Waals surface area (Å²) >= 11 is 0. The first kappa shape index (κ1) is 12.0. The molecular weight excluding hydrogens is 198 g/mol. The van der Waals surface area contributed by atoms with Gasteiger partial charge in [0.05, 0.1) is 6.54 Å². The van der Waals surface area contributed by atoms with Gasteiger partial charge < -0.3 is 5.32 Å². The molecule has 0 aromatic heterocycles. The third kappa shape index (κ3) is 6.11. The van der Waals surface area contributed by atoms with Crippen LogP contribution in [-0.4, -0.2) is 14.6 Å². The SMILES string of the molecule is C[Si](C)(C)C#CCNCc1ccccc1. The minimum Gasteiger partial charge on any atom is -0.302 e. The van der Waals surface area contributed by atoms with E-state index in [9.17, 15) is 0 Å². The fraction of sp³-hybridized carbons (Fsp3) is 0.385. The molecule has 2 heteroatoms. The summed E-state index contributed by atoms with van der Waals surface area (Å²) in [6, 6.07) is 10.4. The molecule has 0 aliphatic heterocycles. The Labute approximate surface area is 93.9 Å². The maximum Gasteiger partial charge on any atom is 0.129 e. The molecule has 1 rings (SSSR count). The van der Waals surface area contributed by atoms with Crippen LogP contribution >= 0.6 is 0 Å². The third-order valence-corrected chi connectivity index (χ3v) is 2.78. The van der Waals surface area contributed by atoms with Gasteiger partial charge in [-0.3, -0.25) is 0 Å². The molecule has 0 saturated heterocycles. The summed E-state index contributed by atoms with van der Waals surface area (Å²) in [5.41, 5.74) is 4.65. The van der Waals surface area contributed by atoms with Crippen LogP contribution in [0.2, 0.25) is 19.6 Å². The summed E-state index contributed by atoms with van der Waals surface area (Å²) in [5.74, 6) is 3.20. The molecule has 1 nitrogen and oxygen atoms in total. The lowest BCUT2D eigenvalue weighted by molar-refractivity contribution is 0.770. The molecule has 0 radical (unpaired) electrons.